The molecule has 1 aromatic rings. The maximum atomic E-state index is 11.7. The monoisotopic (exact) mass is 395 g/mol. The molecular formula is C19H25NO8. The van der Waals surface area contributed by atoms with Crippen LogP contribution in [0.4, 0.5) is 0 Å². The van der Waals surface area contributed by atoms with Gasteiger partial charge in [0, 0.05) is 27.2 Å². The Morgan fingerprint density at radius 3 is 2.32 bits per heavy atom. The average molecular weight is 395 g/mol. The third kappa shape index (κ3) is 5.51. The molecule has 28 heavy (non-hydrogen) atoms. The number of rotatable bonds is 6. The van der Waals surface area contributed by atoms with E-state index in [0.717, 1.165) is 6.92 Å². The van der Waals surface area contributed by atoms with Gasteiger partial charge in [-0.05, 0) is 5.56 Å². The van der Waals surface area contributed by atoms with E-state index in [1.807, 2.05) is 0 Å². The van der Waals surface area contributed by atoms with Crippen LogP contribution in [0.2, 0.25) is 0 Å². The van der Waals surface area contributed by atoms with Gasteiger partial charge in [0.1, 0.15) is 24.9 Å². The summed E-state index contributed by atoms with van der Waals surface area (Å²) in [5, 5.41) is 24.4. The molecule has 1 fully saturated rings. The minimum Gasteiger partial charge on any atom is -0.463 e. The third-order valence-electron chi connectivity index (χ3n) is 4.30. The van der Waals surface area contributed by atoms with Gasteiger partial charge in [0.2, 0.25) is 5.91 Å². The predicted octanol–water partition coefficient (Wildman–Crippen LogP) is -0.323. The lowest BCUT2D eigenvalue weighted by Crippen LogP contribution is -2.71. The number of benzene rings is 1. The van der Waals surface area contributed by atoms with Gasteiger partial charge in [-0.1, -0.05) is 30.3 Å². The second-order valence-corrected chi connectivity index (χ2v) is 6.71. The molecule has 154 valence electrons. The highest BCUT2D eigenvalue weighted by atomic mass is 16.7. The fourth-order valence-electron chi connectivity index (χ4n) is 3.19. The first-order chi connectivity index (χ1) is 13.1. The highest BCUT2D eigenvalue weighted by Crippen LogP contribution is 2.33. The van der Waals surface area contributed by atoms with Gasteiger partial charge in [-0.3, -0.25) is 14.4 Å². The van der Waals surface area contributed by atoms with Crippen molar-refractivity contribution in [2.24, 2.45) is 0 Å². The molecule has 1 aliphatic rings. The largest absolute Gasteiger partial charge is 0.463 e. The molecule has 1 unspecified atom stereocenters. The van der Waals surface area contributed by atoms with Gasteiger partial charge in [-0.15, -0.1) is 0 Å². The fourth-order valence-corrected chi connectivity index (χ4v) is 3.19. The van der Waals surface area contributed by atoms with Gasteiger partial charge in [0.05, 0.1) is 0 Å². The van der Waals surface area contributed by atoms with Crippen molar-refractivity contribution in [3.63, 3.8) is 0 Å². The Bertz CT molecular complexity index is 709. The van der Waals surface area contributed by atoms with Gasteiger partial charge in [-0.2, -0.15) is 0 Å². The lowest BCUT2D eigenvalue weighted by molar-refractivity contribution is -0.319. The summed E-state index contributed by atoms with van der Waals surface area (Å²) in [6.07, 6.45) is -4.01. The van der Waals surface area contributed by atoms with Crippen molar-refractivity contribution >= 4 is 17.8 Å². The molecule has 0 saturated carbocycles. The van der Waals surface area contributed by atoms with Crippen molar-refractivity contribution in [3.8, 4) is 0 Å². The summed E-state index contributed by atoms with van der Waals surface area (Å²) in [6, 6.07) is 7.58. The van der Waals surface area contributed by atoms with E-state index in [1.54, 1.807) is 30.3 Å². The molecule has 0 bridgehead atoms. The Morgan fingerprint density at radius 1 is 1.14 bits per heavy atom. The van der Waals surface area contributed by atoms with Crippen molar-refractivity contribution in [2.75, 3.05) is 6.61 Å². The Labute approximate surface area is 162 Å². The molecule has 5 atom stereocenters. The van der Waals surface area contributed by atoms with E-state index < -0.39 is 48.0 Å². The van der Waals surface area contributed by atoms with Gasteiger partial charge in [0.25, 0.3) is 0 Å². The molecule has 1 aliphatic heterocycles. The molecule has 1 amide bonds. The summed E-state index contributed by atoms with van der Waals surface area (Å²) in [5.41, 5.74) is 0.685. The van der Waals surface area contributed by atoms with Crippen LogP contribution < -0.4 is 5.32 Å². The zero-order chi connectivity index (χ0) is 20.9. The second kappa shape index (κ2) is 9.13. The summed E-state index contributed by atoms with van der Waals surface area (Å²) in [4.78, 5) is 34.4. The zero-order valence-electron chi connectivity index (χ0n) is 16.0. The van der Waals surface area contributed by atoms with Crippen molar-refractivity contribution in [1.29, 1.82) is 0 Å². The van der Waals surface area contributed by atoms with Crippen LogP contribution in [-0.4, -0.2) is 64.8 Å². The molecular weight excluding hydrogens is 370 g/mol. The summed E-state index contributed by atoms with van der Waals surface area (Å²) in [6.45, 7) is 3.20. The maximum absolute atomic E-state index is 11.7. The van der Waals surface area contributed by atoms with Gasteiger partial charge >= 0.3 is 11.9 Å². The highest BCUT2D eigenvalue weighted by molar-refractivity contribution is 5.73. The molecule has 0 radical (unpaired) electrons. The molecule has 0 aliphatic carbocycles. The van der Waals surface area contributed by atoms with Crippen molar-refractivity contribution in [1.82, 2.24) is 5.32 Å². The van der Waals surface area contributed by atoms with E-state index in [2.05, 4.69) is 5.32 Å². The Balaban J connectivity index is 2.40. The molecule has 3 N–H and O–H groups in total. The van der Waals surface area contributed by atoms with E-state index in [1.165, 1.54) is 13.8 Å². The predicted molar refractivity (Wildman–Crippen MR) is 95.8 cm³/mol. The van der Waals surface area contributed by atoms with Crippen LogP contribution in [-0.2, 0) is 35.0 Å². The van der Waals surface area contributed by atoms with E-state index in [4.69, 9.17) is 14.2 Å². The molecule has 1 saturated heterocycles. The van der Waals surface area contributed by atoms with Gasteiger partial charge in [-0.25, -0.2) is 0 Å². The number of carbonyl (C=O) groups is 3. The van der Waals surface area contributed by atoms with E-state index >= 15 is 0 Å². The van der Waals surface area contributed by atoms with Crippen LogP contribution in [0.3, 0.4) is 0 Å². The lowest BCUT2D eigenvalue weighted by atomic mass is 9.86. The van der Waals surface area contributed by atoms with E-state index in [0.29, 0.717) is 5.56 Å². The number of esters is 2. The zero-order valence-corrected chi connectivity index (χ0v) is 16.0. The topological polar surface area (TPSA) is 131 Å². The number of ether oxygens (including phenoxy) is 3. The number of aliphatic hydroxyl groups excluding tert-OH is 1. The summed E-state index contributed by atoms with van der Waals surface area (Å²) >= 11 is 0. The van der Waals surface area contributed by atoms with Crippen LogP contribution in [0, 0.1) is 0 Å². The smallest absolute Gasteiger partial charge is 0.303 e. The SMILES string of the molecule is CC(=O)N[C@@H]1[C@@H](OC(C)=O)[C@H](O)[C@@H](COC(C)=O)OC1(O)Cc1ccccc1. The van der Waals surface area contributed by atoms with E-state index in [-0.39, 0.29) is 13.0 Å². The Kier molecular flexibility index (Phi) is 7.11. The number of amides is 1. The number of hydrogen-bond donors (Lipinski definition) is 3. The molecule has 2 rings (SSSR count). The molecule has 9 heteroatoms. The summed E-state index contributed by atoms with van der Waals surface area (Å²) in [7, 11) is 0. The first-order valence-corrected chi connectivity index (χ1v) is 8.82. The maximum Gasteiger partial charge on any atom is 0.303 e. The second-order valence-electron chi connectivity index (χ2n) is 6.71. The third-order valence-corrected chi connectivity index (χ3v) is 4.30. The minimum absolute atomic E-state index is 0.0696. The first kappa shape index (κ1) is 21.8. The van der Waals surface area contributed by atoms with E-state index in [9.17, 15) is 24.6 Å². The summed E-state index contributed by atoms with van der Waals surface area (Å²) in [5.74, 6) is -3.86. The van der Waals surface area contributed by atoms with Crippen molar-refractivity contribution in [3.05, 3.63) is 35.9 Å². The minimum atomic E-state index is -2.03. The van der Waals surface area contributed by atoms with Gasteiger partial charge < -0.3 is 29.7 Å². The highest BCUT2D eigenvalue weighted by Gasteiger charge is 2.56. The van der Waals surface area contributed by atoms with Crippen LogP contribution in [0.1, 0.15) is 26.3 Å². The van der Waals surface area contributed by atoms with Crippen molar-refractivity contribution < 1.29 is 38.8 Å². The number of nitrogens with one attached hydrogen (secondary N) is 1. The fraction of sp³-hybridized carbons (Fsp3) is 0.526. The average Bonchev–Trinajstić information content (AvgIpc) is 2.60. The molecule has 0 spiro atoms. The molecule has 0 aromatic heterocycles. The Hall–Kier alpha value is -2.49. The normalized spacial score (nSPS) is 29.6. The quantitative estimate of drug-likeness (QED) is 0.559. The molecule has 9 nitrogen and oxygen atoms in total. The van der Waals surface area contributed by atoms with Crippen LogP contribution in [0.15, 0.2) is 30.3 Å². The van der Waals surface area contributed by atoms with Crippen LogP contribution in [0.5, 0.6) is 0 Å². The standard InChI is InChI=1S/C19H25NO8/c1-11(21)20-18-17(27-13(3)23)16(24)15(10-26-12(2)22)28-19(18,25)9-14-7-5-4-6-8-14/h4-8,15-18,24-25H,9-10H2,1-3H3,(H,20,21)/t15-,16-,17+,18-,19?/m1/s1. The molecule has 1 heterocycles. The number of hydrogen-bond acceptors (Lipinski definition) is 8. The Morgan fingerprint density at radius 2 is 1.79 bits per heavy atom. The number of aliphatic hydroxyl groups is 2. The molecule has 1 aromatic carbocycles. The van der Waals surface area contributed by atoms with Crippen molar-refractivity contribution in [2.45, 2.75) is 57.3 Å². The van der Waals surface area contributed by atoms with Gasteiger partial charge in [0.15, 0.2) is 11.9 Å². The first-order valence-electron chi connectivity index (χ1n) is 8.82. The van der Waals surface area contributed by atoms with Crippen LogP contribution in [0.25, 0.3) is 0 Å². The number of carbonyl (C=O) groups excluding carboxylic acids is 3. The lowest BCUT2D eigenvalue weighted by Gasteiger charge is -2.49. The van der Waals surface area contributed by atoms with Crippen LogP contribution >= 0.6 is 0 Å². The summed E-state index contributed by atoms with van der Waals surface area (Å²) < 4.78 is 15.8.